The Morgan fingerprint density at radius 1 is 0.846 bits per heavy atom. The number of nitrogens with zero attached hydrogens (tertiary/aromatic N) is 1. The van der Waals surface area contributed by atoms with E-state index in [1.165, 1.54) is 54.1 Å². The van der Waals surface area contributed by atoms with E-state index in [1.54, 1.807) is 11.3 Å². The zero-order valence-corrected chi connectivity index (χ0v) is 36.7. The molecule has 0 saturated carbocycles. The van der Waals surface area contributed by atoms with Gasteiger partial charge in [-0.15, -0.1) is 51.8 Å². The monoisotopic (exact) mass is 909 g/mol. The molecule has 0 aliphatic rings. The summed E-state index contributed by atoms with van der Waals surface area (Å²) < 4.78 is 1.33. The Labute approximate surface area is 333 Å². The van der Waals surface area contributed by atoms with Crippen molar-refractivity contribution < 1.29 is 30.0 Å². The third kappa shape index (κ3) is 8.16. The van der Waals surface area contributed by atoms with E-state index >= 15 is 0 Å². The van der Waals surface area contributed by atoms with Crippen molar-refractivity contribution in [2.24, 2.45) is 10.8 Å². The molecule has 0 bridgehead atoms. The molecule has 0 aliphatic carbocycles. The Hall–Kier alpha value is -3.15. The van der Waals surface area contributed by atoms with Crippen molar-refractivity contribution in [3.05, 3.63) is 101 Å². The van der Waals surface area contributed by atoms with Crippen LogP contribution in [0.25, 0.3) is 52.8 Å². The number of aryl methyl sites for hydroxylation is 2. The van der Waals surface area contributed by atoms with Gasteiger partial charge in [0, 0.05) is 57.7 Å². The fourth-order valence-corrected chi connectivity index (χ4v) is 8.79. The fraction of sp³-hybridized carbons (Fsp3) is 0.391. The van der Waals surface area contributed by atoms with E-state index in [-0.39, 0.29) is 47.9 Å². The maximum atomic E-state index is 12.2. The molecule has 3 nitrogen and oxygen atoms in total. The number of carbonyl (C=O) groups is 1. The van der Waals surface area contributed by atoms with Crippen molar-refractivity contribution in [1.82, 2.24) is 4.98 Å². The van der Waals surface area contributed by atoms with Gasteiger partial charge in [0.2, 0.25) is 0 Å². The van der Waals surface area contributed by atoms with Gasteiger partial charge < -0.3 is 5.11 Å². The number of fused-ring (bicyclic) bond motifs is 3. The minimum absolute atomic E-state index is 0. The molecule has 1 radical (unpaired) electrons. The van der Waals surface area contributed by atoms with E-state index in [0.717, 1.165) is 47.2 Å². The van der Waals surface area contributed by atoms with E-state index in [0.29, 0.717) is 0 Å². The molecule has 0 amide bonds. The predicted octanol–water partition coefficient (Wildman–Crippen LogP) is 14.4. The van der Waals surface area contributed by atoms with Crippen molar-refractivity contribution in [1.29, 1.82) is 0 Å². The molecule has 0 atom stereocenters. The van der Waals surface area contributed by atoms with Gasteiger partial charge in [0.1, 0.15) is 10.6 Å². The van der Waals surface area contributed by atoms with E-state index in [9.17, 15) is 9.90 Å². The number of allylic oxidation sites excluding steroid dienone is 2. The summed E-state index contributed by atoms with van der Waals surface area (Å²) in [6.07, 6.45) is 4.75. The second kappa shape index (κ2) is 16.5. The van der Waals surface area contributed by atoms with Crippen LogP contribution in [0.5, 0.6) is 0 Å². The number of aliphatic hydroxyl groups excluding tert-OH is 1. The van der Waals surface area contributed by atoms with Gasteiger partial charge in [0.05, 0.1) is 0 Å². The summed E-state index contributed by atoms with van der Waals surface area (Å²) in [6.45, 7) is 23.4. The van der Waals surface area contributed by atoms with Crippen molar-refractivity contribution in [3.63, 3.8) is 0 Å². The van der Waals surface area contributed by atoms with Crippen LogP contribution in [0.3, 0.4) is 0 Å². The van der Waals surface area contributed by atoms with Gasteiger partial charge in [-0.3, -0.25) is 9.78 Å². The van der Waals surface area contributed by atoms with Gasteiger partial charge in [-0.1, -0.05) is 116 Å². The maximum absolute atomic E-state index is 12.2. The molecule has 0 fully saturated rings. The summed E-state index contributed by atoms with van der Waals surface area (Å²) in [5, 5.41) is 17.4. The molecule has 0 unspecified atom stereocenters. The molecule has 277 valence electrons. The first kappa shape index (κ1) is 41.6. The first-order valence-corrected chi connectivity index (χ1v) is 20.1. The maximum Gasteiger partial charge on any atom is 0.164 e. The Morgan fingerprint density at radius 3 is 2.04 bits per heavy atom. The van der Waals surface area contributed by atoms with Crippen LogP contribution in [-0.4, -0.2) is 15.9 Å². The minimum atomic E-state index is -0.337. The van der Waals surface area contributed by atoms with Crippen LogP contribution < -0.4 is 0 Å². The fourth-order valence-electron chi connectivity index (χ4n) is 6.61. The standard InChI is InChI=1S/C31H26NS2.C15H28O2.Ir/c1-18-17-33-30-28(18)24(29-19(2)22-11-8-9-13-27(22)34-29)16-26(32-30)21-14-20-10-6-7-12-23(20)25(15-21)31(3,4)5;1-7-14(5,8-2)12(16)11-13(17)15(6,9-3)10-4;/h6-13,15-17H,1-5H3;11,16H,7-10H2,1-6H3;/q-1;;/b;12-11-;. The summed E-state index contributed by atoms with van der Waals surface area (Å²) in [5.41, 5.74) is 6.75. The molecule has 6 heteroatoms. The van der Waals surface area contributed by atoms with Gasteiger partial charge in [0.25, 0.3) is 0 Å². The number of carbonyl (C=O) groups excluding carboxylic acids is 1. The van der Waals surface area contributed by atoms with Gasteiger partial charge in [-0.05, 0) is 78.5 Å². The number of benzene rings is 3. The van der Waals surface area contributed by atoms with Crippen LogP contribution in [0.1, 0.15) is 105 Å². The summed E-state index contributed by atoms with van der Waals surface area (Å²) >= 11 is 3.62. The zero-order chi connectivity index (χ0) is 37.3. The summed E-state index contributed by atoms with van der Waals surface area (Å²) in [6, 6.07) is 25.6. The number of thiophene rings is 2. The van der Waals surface area contributed by atoms with Crippen molar-refractivity contribution in [2.75, 3.05) is 0 Å². The predicted molar refractivity (Wildman–Crippen MR) is 223 cm³/mol. The number of aliphatic hydroxyl groups is 1. The smallest absolute Gasteiger partial charge is 0.164 e. The van der Waals surface area contributed by atoms with E-state index in [4.69, 9.17) is 4.98 Å². The molecular formula is C46H54IrNO2S2-. The summed E-state index contributed by atoms with van der Waals surface area (Å²) in [4.78, 5) is 19.8. The third-order valence-electron chi connectivity index (χ3n) is 11.3. The Balaban J connectivity index is 0.000000289. The van der Waals surface area contributed by atoms with E-state index in [1.807, 2.05) is 52.9 Å². The van der Waals surface area contributed by atoms with Gasteiger partial charge in [-0.25, -0.2) is 0 Å². The second-order valence-corrected chi connectivity index (χ2v) is 17.4. The molecule has 6 aromatic rings. The first-order chi connectivity index (χ1) is 24.1. The molecule has 6 rings (SSSR count). The van der Waals surface area contributed by atoms with Crippen LogP contribution in [0, 0.1) is 30.7 Å². The first-order valence-electron chi connectivity index (χ1n) is 18.4. The molecule has 0 saturated heterocycles. The van der Waals surface area contributed by atoms with Crippen LogP contribution in [-0.2, 0) is 30.3 Å². The molecule has 1 N–H and O–H groups in total. The Morgan fingerprint density at radius 2 is 1.44 bits per heavy atom. The summed E-state index contributed by atoms with van der Waals surface area (Å²) in [7, 11) is 0. The topological polar surface area (TPSA) is 50.2 Å². The van der Waals surface area contributed by atoms with Gasteiger partial charge in [0.15, 0.2) is 5.78 Å². The number of aromatic nitrogens is 1. The Kier molecular flexibility index (Phi) is 13.2. The van der Waals surface area contributed by atoms with Crippen LogP contribution in [0.2, 0.25) is 0 Å². The minimum Gasteiger partial charge on any atom is -0.512 e. The number of hydrogen-bond acceptors (Lipinski definition) is 5. The molecule has 0 aliphatic heterocycles. The molecule has 3 aromatic heterocycles. The number of pyridine rings is 1. The van der Waals surface area contributed by atoms with E-state index < -0.39 is 0 Å². The number of ketones is 1. The molecular weight excluding hydrogens is 855 g/mol. The van der Waals surface area contributed by atoms with Crippen molar-refractivity contribution in [3.8, 4) is 21.7 Å². The quantitative estimate of drug-likeness (QED) is 0.0893. The largest absolute Gasteiger partial charge is 0.512 e. The number of rotatable bonds is 9. The Bertz CT molecular complexity index is 2220. The number of hydrogen-bond donors (Lipinski definition) is 1. The average molecular weight is 909 g/mol. The van der Waals surface area contributed by atoms with Crippen LogP contribution >= 0.6 is 22.7 Å². The van der Waals surface area contributed by atoms with Gasteiger partial charge >= 0.3 is 0 Å². The van der Waals surface area contributed by atoms with Crippen molar-refractivity contribution in [2.45, 2.75) is 107 Å². The SMILES string of the molecule is CCC(C)(CC)C(=O)/C=C(\O)C(C)(CC)CC.Cc1c(-c2cc(-c3[c-]c4ccccc4c(C(C)(C)C)c3)nc3scc(C)c23)sc2ccccc12.[Ir]. The summed E-state index contributed by atoms with van der Waals surface area (Å²) in [5.74, 6) is 0.286. The van der Waals surface area contributed by atoms with E-state index in [2.05, 4.69) is 107 Å². The normalized spacial score (nSPS) is 12.6. The zero-order valence-electron chi connectivity index (χ0n) is 32.7. The molecule has 3 heterocycles. The van der Waals surface area contributed by atoms with Crippen LogP contribution in [0.4, 0.5) is 0 Å². The second-order valence-electron chi connectivity index (χ2n) is 15.5. The average Bonchev–Trinajstić information content (AvgIpc) is 3.68. The molecule has 0 spiro atoms. The van der Waals surface area contributed by atoms with Crippen molar-refractivity contribution >= 4 is 59.5 Å². The molecule has 3 aromatic carbocycles. The third-order valence-corrected chi connectivity index (χ3v) is 13.6. The molecule has 52 heavy (non-hydrogen) atoms. The van der Waals surface area contributed by atoms with Crippen LogP contribution in [0.15, 0.2) is 77.9 Å². The van der Waals surface area contributed by atoms with Gasteiger partial charge in [-0.2, -0.15) is 0 Å².